The van der Waals surface area contributed by atoms with Gasteiger partial charge in [-0.2, -0.15) is 0 Å². The number of hydrogen-bond acceptors (Lipinski definition) is 2. The van der Waals surface area contributed by atoms with E-state index < -0.39 is 6.10 Å². The molecule has 1 N–H and O–H groups in total. The Bertz CT molecular complexity index is 462. The highest BCUT2D eigenvalue weighted by Gasteiger charge is 2.53. The third-order valence-corrected chi connectivity index (χ3v) is 6.68. The molecule has 1 aliphatic heterocycles. The fourth-order valence-electron chi connectivity index (χ4n) is 5.50. The molecule has 2 nitrogen and oxygen atoms in total. The fraction of sp³-hybridized carbons (Fsp3) is 0.789. The van der Waals surface area contributed by atoms with Gasteiger partial charge in [0.2, 0.25) is 0 Å². The van der Waals surface area contributed by atoms with Crippen molar-refractivity contribution in [2.24, 2.45) is 22.7 Å². The summed E-state index contributed by atoms with van der Waals surface area (Å²) in [5.41, 5.74) is 3.24. The van der Waals surface area contributed by atoms with Crippen molar-refractivity contribution >= 4 is 0 Å². The van der Waals surface area contributed by atoms with E-state index in [0.717, 1.165) is 24.3 Å². The molecule has 2 saturated carbocycles. The molecule has 4 atom stereocenters. The van der Waals surface area contributed by atoms with Gasteiger partial charge in [0.15, 0.2) is 0 Å². The number of aliphatic hydroxyl groups excluding tert-OH is 1. The first-order valence-corrected chi connectivity index (χ1v) is 8.51. The van der Waals surface area contributed by atoms with E-state index in [1.807, 2.05) is 0 Å². The van der Waals surface area contributed by atoms with Gasteiger partial charge in [0.1, 0.15) is 12.7 Å². The maximum Gasteiger partial charge on any atom is 0.117 e. The van der Waals surface area contributed by atoms with E-state index in [1.165, 1.54) is 31.3 Å². The Labute approximate surface area is 129 Å². The molecule has 2 heteroatoms. The van der Waals surface area contributed by atoms with Gasteiger partial charge in [0.25, 0.3) is 0 Å². The summed E-state index contributed by atoms with van der Waals surface area (Å²) in [5.74, 6) is 1.27. The van der Waals surface area contributed by atoms with Crippen molar-refractivity contribution in [2.45, 2.75) is 65.4 Å². The highest BCUT2D eigenvalue weighted by Crippen LogP contribution is 2.62. The molecule has 2 aliphatic carbocycles. The predicted octanol–water partition coefficient (Wildman–Crippen LogP) is 4.45. The summed E-state index contributed by atoms with van der Waals surface area (Å²) in [5, 5.41) is 10.1. The number of aliphatic hydroxyl groups is 1. The summed E-state index contributed by atoms with van der Waals surface area (Å²) >= 11 is 0. The van der Waals surface area contributed by atoms with Crippen LogP contribution in [0.1, 0.15) is 59.3 Å². The maximum atomic E-state index is 10.1. The number of allylic oxidation sites excluding steroid dienone is 1. The van der Waals surface area contributed by atoms with Gasteiger partial charge in [-0.25, -0.2) is 0 Å². The van der Waals surface area contributed by atoms with Gasteiger partial charge in [-0.3, -0.25) is 0 Å². The van der Waals surface area contributed by atoms with E-state index in [-0.39, 0.29) is 0 Å². The van der Waals surface area contributed by atoms with Gasteiger partial charge in [-0.05, 0) is 60.3 Å². The van der Waals surface area contributed by atoms with Crippen LogP contribution in [0.15, 0.2) is 24.0 Å². The minimum absolute atomic E-state index is 0.334. The largest absolute Gasteiger partial charge is 0.498 e. The molecular weight excluding hydrogens is 260 g/mol. The van der Waals surface area contributed by atoms with Crippen molar-refractivity contribution in [3.8, 4) is 0 Å². The summed E-state index contributed by atoms with van der Waals surface area (Å²) in [4.78, 5) is 0. The van der Waals surface area contributed by atoms with Crippen LogP contribution < -0.4 is 0 Å². The summed E-state index contributed by atoms with van der Waals surface area (Å²) in [6, 6.07) is 0. The van der Waals surface area contributed by atoms with Crippen LogP contribution in [0.5, 0.6) is 0 Å². The van der Waals surface area contributed by atoms with Crippen molar-refractivity contribution in [2.75, 3.05) is 6.61 Å². The first-order chi connectivity index (χ1) is 9.84. The Morgan fingerprint density at radius 3 is 2.76 bits per heavy atom. The average Bonchev–Trinajstić information content (AvgIpc) is 2.78. The zero-order chi connectivity index (χ0) is 15.3. The standard InChI is InChI=1S/C19H30O2/c1-13-6-7-17-18(2,3)8-5-9-19(17,4)15(13)10-14-11-21-12-16(14)20/h11,15-17,20H,1,5-10,12H2,2-4H3/t15-,16+,17-,19-/m1/s1. The highest BCUT2D eigenvalue weighted by atomic mass is 16.5. The van der Waals surface area contributed by atoms with E-state index in [2.05, 4.69) is 27.4 Å². The average molecular weight is 290 g/mol. The van der Waals surface area contributed by atoms with Crippen LogP contribution in [0, 0.1) is 22.7 Å². The van der Waals surface area contributed by atoms with Crippen molar-refractivity contribution in [1.82, 2.24) is 0 Å². The number of hydrogen-bond donors (Lipinski definition) is 1. The van der Waals surface area contributed by atoms with Crippen LogP contribution >= 0.6 is 0 Å². The van der Waals surface area contributed by atoms with Crippen molar-refractivity contribution in [3.63, 3.8) is 0 Å². The second-order valence-electron chi connectivity index (χ2n) is 8.40. The Morgan fingerprint density at radius 2 is 2.10 bits per heavy atom. The van der Waals surface area contributed by atoms with Crippen LogP contribution in [0.4, 0.5) is 0 Å². The molecule has 0 radical (unpaired) electrons. The van der Waals surface area contributed by atoms with Crippen LogP contribution in [0.2, 0.25) is 0 Å². The van der Waals surface area contributed by atoms with Crippen LogP contribution in [-0.2, 0) is 4.74 Å². The first-order valence-electron chi connectivity index (χ1n) is 8.51. The SMILES string of the molecule is C=C1CC[C@@H]2C(C)(C)CCC[C@]2(C)[C@@H]1CC1=COC[C@@H]1O. The molecule has 0 bridgehead atoms. The highest BCUT2D eigenvalue weighted by molar-refractivity contribution is 5.21. The zero-order valence-electron chi connectivity index (χ0n) is 13.8. The third kappa shape index (κ3) is 2.46. The van der Waals surface area contributed by atoms with Crippen molar-refractivity contribution < 1.29 is 9.84 Å². The van der Waals surface area contributed by atoms with Gasteiger partial charge in [0, 0.05) is 0 Å². The lowest BCUT2D eigenvalue weighted by Gasteiger charge is -2.58. The molecule has 0 aromatic carbocycles. The maximum absolute atomic E-state index is 10.1. The van der Waals surface area contributed by atoms with Gasteiger partial charge < -0.3 is 9.84 Å². The third-order valence-electron chi connectivity index (χ3n) is 6.68. The molecule has 0 aromatic rings. The van der Waals surface area contributed by atoms with E-state index in [4.69, 9.17) is 4.74 Å². The molecule has 0 spiro atoms. The quantitative estimate of drug-likeness (QED) is 0.761. The van der Waals surface area contributed by atoms with Gasteiger partial charge in [-0.1, -0.05) is 39.3 Å². The van der Waals surface area contributed by atoms with E-state index in [0.29, 0.717) is 23.4 Å². The summed E-state index contributed by atoms with van der Waals surface area (Å²) in [7, 11) is 0. The van der Waals surface area contributed by atoms with E-state index >= 15 is 0 Å². The van der Waals surface area contributed by atoms with E-state index in [1.54, 1.807) is 6.26 Å². The smallest absolute Gasteiger partial charge is 0.117 e. The predicted molar refractivity (Wildman–Crippen MR) is 85.8 cm³/mol. The first kappa shape index (κ1) is 15.1. The molecule has 1 heterocycles. The van der Waals surface area contributed by atoms with Gasteiger partial charge in [0.05, 0.1) is 6.26 Å². The second-order valence-corrected chi connectivity index (χ2v) is 8.40. The number of rotatable bonds is 2. The van der Waals surface area contributed by atoms with Gasteiger partial charge in [-0.15, -0.1) is 0 Å². The van der Waals surface area contributed by atoms with Crippen LogP contribution in [-0.4, -0.2) is 17.8 Å². The topological polar surface area (TPSA) is 29.5 Å². The Kier molecular flexibility index (Phi) is 3.72. The molecule has 0 unspecified atom stereocenters. The Balaban J connectivity index is 1.88. The number of fused-ring (bicyclic) bond motifs is 1. The molecule has 0 saturated heterocycles. The molecular formula is C19H30O2. The van der Waals surface area contributed by atoms with Crippen molar-refractivity contribution in [3.05, 3.63) is 24.0 Å². The molecule has 3 aliphatic rings. The minimum atomic E-state index is -0.404. The molecule has 0 aromatic heterocycles. The van der Waals surface area contributed by atoms with Crippen LogP contribution in [0.3, 0.4) is 0 Å². The molecule has 118 valence electrons. The van der Waals surface area contributed by atoms with E-state index in [9.17, 15) is 5.11 Å². The van der Waals surface area contributed by atoms with Gasteiger partial charge >= 0.3 is 0 Å². The normalized spacial score (nSPS) is 42.2. The monoisotopic (exact) mass is 290 g/mol. The molecule has 2 fully saturated rings. The van der Waals surface area contributed by atoms with Crippen LogP contribution in [0.25, 0.3) is 0 Å². The summed E-state index contributed by atoms with van der Waals surface area (Å²) in [6.07, 6.45) is 8.73. The Morgan fingerprint density at radius 1 is 1.33 bits per heavy atom. The number of ether oxygens (including phenoxy) is 1. The lowest BCUT2D eigenvalue weighted by molar-refractivity contribution is -0.0525. The lowest BCUT2D eigenvalue weighted by Crippen LogP contribution is -2.49. The molecule has 21 heavy (non-hydrogen) atoms. The zero-order valence-corrected chi connectivity index (χ0v) is 13.8. The van der Waals surface area contributed by atoms with Crippen molar-refractivity contribution in [1.29, 1.82) is 0 Å². The Hall–Kier alpha value is -0.760. The fourth-order valence-corrected chi connectivity index (χ4v) is 5.50. The summed E-state index contributed by atoms with van der Waals surface area (Å²) < 4.78 is 5.31. The molecule has 3 rings (SSSR count). The summed E-state index contributed by atoms with van der Waals surface area (Å²) in [6.45, 7) is 12.2. The lowest BCUT2D eigenvalue weighted by atomic mass is 9.47. The molecule has 0 amide bonds. The minimum Gasteiger partial charge on any atom is -0.498 e. The second kappa shape index (κ2) is 5.15.